The average molecular weight is 278 g/mol. The summed E-state index contributed by atoms with van der Waals surface area (Å²) in [4.78, 5) is 0. The Kier molecular flexibility index (Phi) is 6.65. The summed E-state index contributed by atoms with van der Waals surface area (Å²) in [5.41, 5.74) is 0. The molecule has 1 aliphatic heterocycles. The molecule has 0 saturated carbocycles. The lowest BCUT2D eigenvalue weighted by molar-refractivity contribution is -0.310. The number of ether oxygens (including phenoxy) is 4. The molecule has 19 heavy (non-hydrogen) atoms. The Hall–Kier alpha value is -0.240. The molecule has 2 unspecified atom stereocenters. The van der Waals surface area contributed by atoms with Gasteiger partial charge in [0.25, 0.3) is 0 Å². The normalized spacial score (nSPS) is 36.2. The van der Waals surface area contributed by atoms with E-state index in [2.05, 4.69) is 0 Å². The molecular weight excluding hydrogens is 252 g/mol. The molecule has 0 aromatic rings. The molecule has 0 aliphatic carbocycles. The van der Waals surface area contributed by atoms with Gasteiger partial charge >= 0.3 is 0 Å². The number of aliphatic hydroxyl groups excluding tert-OH is 2. The third kappa shape index (κ3) is 4.66. The SMILES string of the molecule is COCC1O[C@@H](O)C(O)[C@@H](OC(C)C)[C@@H]1OC(C)C. The molecule has 0 spiro atoms. The molecule has 1 heterocycles. The summed E-state index contributed by atoms with van der Waals surface area (Å²) in [5.74, 6) is 0. The lowest BCUT2D eigenvalue weighted by Crippen LogP contribution is -2.61. The van der Waals surface area contributed by atoms with Crippen molar-refractivity contribution in [2.75, 3.05) is 13.7 Å². The highest BCUT2D eigenvalue weighted by Gasteiger charge is 2.46. The van der Waals surface area contributed by atoms with Crippen LogP contribution in [0.1, 0.15) is 27.7 Å². The number of methoxy groups -OCH3 is 1. The van der Waals surface area contributed by atoms with Crippen LogP contribution in [0.3, 0.4) is 0 Å². The van der Waals surface area contributed by atoms with E-state index in [-0.39, 0.29) is 18.8 Å². The second-order valence-corrected chi connectivity index (χ2v) is 5.31. The van der Waals surface area contributed by atoms with Crippen molar-refractivity contribution in [1.29, 1.82) is 0 Å². The van der Waals surface area contributed by atoms with Crippen molar-refractivity contribution in [2.45, 2.75) is 70.6 Å². The molecule has 0 aromatic heterocycles. The number of hydrogen-bond donors (Lipinski definition) is 2. The van der Waals surface area contributed by atoms with Crippen LogP contribution in [0.2, 0.25) is 0 Å². The fourth-order valence-electron chi connectivity index (χ4n) is 2.16. The topological polar surface area (TPSA) is 77.4 Å². The summed E-state index contributed by atoms with van der Waals surface area (Å²) in [5, 5.41) is 19.8. The Morgan fingerprint density at radius 3 is 2.00 bits per heavy atom. The molecule has 0 bridgehead atoms. The van der Waals surface area contributed by atoms with Crippen LogP contribution in [0.25, 0.3) is 0 Å². The second kappa shape index (κ2) is 7.52. The van der Waals surface area contributed by atoms with Crippen molar-refractivity contribution in [3.05, 3.63) is 0 Å². The van der Waals surface area contributed by atoms with E-state index in [0.29, 0.717) is 0 Å². The van der Waals surface area contributed by atoms with Gasteiger partial charge in [0, 0.05) is 7.11 Å². The molecule has 1 rings (SSSR count). The highest BCUT2D eigenvalue weighted by atomic mass is 16.7. The Morgan fingerprint density at radius 2 is 1.53 bits per heavy atom. The van der Waals surface area contributed by atoms with Gasteiger partial charge in [-0.2, -0.15) is 0 Å². The van der Waals surface area contributed by atoms with Crippen molar-refractivity contribution in [3.63, 3.8) is 0 Å². The first-order valence-electron chi connectivity index (χ1n) is 6.68. The quantitative estimate of drug-likeness (QED) is 0.727. The van der Waals surface area contributed by atoms with E-state index in [1.165, 1.54) is 0 Å². The minimum atomic E-state index is -1.30. The molecule has 0 radical (unpaired) electrons. The maximum absolute atomic E-state index is 10.0. The molecule has 1 aliphatic rings. The van der Waals surface area contributed by atoms with Crippen molar-refractivity contribution >= 4 is 0 Å². The van der Waals surface area contributed by atoms with Gasteiger partial charge < -0.3 is 29.2 Å². The van der Waals surface area contributed by atoms with Gasteiger partial charge in [-0.3, -0.25) is 0 Å². The lowest BCUT2D eigenvalue weighted by Gasteiger charge is -2.43. The van der Waals surface area contributed by atoms with Gasteiger partial charge in [-0.1, -0.05) is 0 Å². The van der Waals surface area contributed by atoms with Crippen LogP contribution in [-0.4, -0.2) is 66.8 Å². The fraction of sp³-hybridized carbons (Fsp3) is 1.00. The molecule has 2 N–H and O–H groups in total. The van der Waals surface area contributed by atoms with Gasteiger partial charge in [-0.25, -0.2) is 0 Å². The van der Waals surface area contributed by atoms with Gasteiger partial charge in [-0.15, -0.1) is 0 Å². The van der Waals surface area contributed by atoms with E-state index >= 15 is 0 Å². The number of aliphatic hydroxyl groups is 2. The van der Waals surface area contributed by atoms with Gasteiger partial charge in [0.1, 0.15) is 24.4 Å². The predicted octanol–water partition coefficient (Wildman–Crippen LogP) is 0.298. The Bertz CT molecular complexity index is 258. The van der Waals surface area contributed by atoms with Crippen LogP contribution in [-0.2, 0) is 18.9 Å². The van der Waals surface area contributed by atoms with E-state index in [4.69, 9.17) is 18.9 Å². The molecule has 0 amide bonds. The van der Waals surface area contributed by atoms with Crippen LogP contribution >= 0.6 is 0 Å². The summed E-state index contributed by atoms with van der Waals surface area (Å²) in [7, 11) is 1.55. The largest absolute Gasteiger partial charge is 0.385 e. The Morgan fingerprint density at radius 1 is 1.00 bits per heavy atom. The minimum Gasteiger partial charge on any atom is -0.385 e. The monoisotopic (exact) mass is 278 g/mol. The summed E-state index contributed by atoms with van der Waals surface area (Å²) in [6.07, 6.45) is -4.18. The smallest absolute Gasteiger partial charge is 0.184 e. The summed E-state index contributed by atoms with van der Waals surface area (Å²) < 4.78 is 21.9. The van der Waals surface area contributed by atoms with E-state index in [9.17, 15) is 10.2 Å². The molecule has 1 fully saturated rings. The maximum atomic E-state index is 10.0. The van der Waals surface area contributed by atoms with Gasteiger partial charge in [-0.05, 0) is 27.7 Å². The van der Waals surface area contributed by atoms with Crippen molar-refractivity contribution in [3.8, 4) is 0 Å². The first-order valence-corrected chi connectivity index (χ1v) is 6.68. The van der Waals surface area contributed by atoms with Gasteiger partial charge in [0.05, 0.1) is 18.8 Å². The maximum Gasteiger partial charge on any atom is 0.184 e. The summed E-state index contributed by atoms with van der Waals surface area (Å²) in [6, 6.07) is 0. The molecule has 5 atom stereocenters. The molecule has 6 nitrogen and oxygen atoms in total. The van der Waals surface area contributed by atoms with E-state index < -0.39 is 30.7 Å². The zero-order valence-electron chi connectivity index (χ0n) is 12.3. The highest BCUT2D eigenvalue weighted by Crippen LogP contribution is 2.27. The number of hydrogen-bond acceptors (Lipinski definition) is 6. The predicted molar refractivity (Wildman–Crippen MR) is 68.8 cm³/mol. The Labute approximate surface area is 114 Å². The third-order valence-corrected chi connectivity index (χ3v) is 2.82. The standard InChI is InChI=1S/C13H26O6/c1-7(2)17-11-9(6-16-5)19-13(15)10(14)12(11)18-8(3)4/h7-15H,6H2,1-5H3/t9?,10?,11-,12-,13-/m1/s1. The van der Waals surface area contributed by atoms with Crippen molar-refractivity contribution in [2.24, 2.45) is 0 Å². The van der Waals surface area contributed by atoms with E-state index in [1.807, 2.05) is 27.7 Å². The zero-order valence-corrected chi connectivity index (χ0v) is 12.3. The molecule has 0 aromatic carbocycles. The molecule has 6 heteroatoms. The van der Waals surface area contributed by atoms with Gasteiger partial charge in [0.2, 0.25) is 0 Å². The second-order valence-electron chi connectivity index (χ2n) is 5.31. The van der Waals surface area contributed by atoms with E-state index in [1.54, 1.807) is 7.11 Å². The Balaban J connectivity index is 2.87. The zero-order chi connectivity index (χ0) is 14.6. The summed E-state index contributed by atoms with van der Waals surface area (Å²) in [6.45, 7) is 7.79. The molecule has 1 saturated heterocycles. The highest BCUT2D eigenvalue weighted by molar-refractivity contribution is 4.91. The van der Waals surface area contributed by atoms with Crippen molar-refractivity contribution in [1.82, 2.24) is 0 Å². The lowest BCUT2D eigenvalue weighted by atomic mass is 9.98. The molecule has 114 valence electrons. The average Bonchev–Trinajstić information content (AvgIpc) is 2.29. The van der Waals surface area contributed by atoms with Crippen LogP contribution in [0, 0.1) is 0 Å². The first-order chi connectivity index (χ1) is 8.86. The first kappa shape index (κ1) is 16.8. The van der Waals surface area contributed by atoms with Crippen LogP contribution in [0.15, 0.2) is 0 Å². The van der Waals surface area contributed by atoms with Crippen LogP contribution < -0.4 is 0 Å². The third-order valence-electron chi connectivity index (χ3n) is 2.82. The molecular formula is C13H26O6. The van der Waals surface area contributed by atoms with E-state index in [0.717, 1.165) is 0 Å². The van der Waals surface area contributed by atoms with Crippen molar-refractivity contribution < 1.29 is 29.2 Å². The fourth-order valence-corrected chi connectivity index (χ4v) is 2.16. The van der Waals surface area contributed by atoms with Crippen LogP contribution in [0.4, 0.5) is 0 Å². The number of rotatable bonds is 6. The van der Waals surface area contributed by atoms with Gasteiger partial charge in [0.15, 0.2) is 6.29 Å². The van der Waals surface area contributed by atoms with Crippen LogP contribution in [0.5, 0.6) is 0 Å². The summed E-state index contributed by atoms with van der Waals surface area (Å²) >= 11 is 0. The minimum absolute atomic E-state index is 0.0475.